The van der Waals surface area contributed by atoms with Crippen molar-refractivity contribution in [1.82, 2.24) is 0 Å². The van der Waals surface area contributed by atoms with E-state index in [4.69, 9.17) is 0 Å². The monoisotopic (exact) mass is 287 g/mol. The Balaban J connectivity index is 2.40. The number of anilines is 1. The summed E-state index contributed by atoms with van der Waals surface area (Å²) in [5.74, 6) is -0.129. The van der Waals surface area contributed by atoms with Crippen LogP contribution in [-0.4, -0.2) is 11.7 Å². The summed E-state index contributed by atoms with van der Waals surface area (Å²) in [5.41, 5.74) is 3.15. The third-order valence-corrected chi connectivity index (χ3v) is 3.95. The molecule has 3 nitrogen and oxygen atoms in total. The molecule has 0 saturated carbocycles. The second-order valence-corrected chi connectivity index (χ2v) is 5.66. The Kier molecular flexibility index (Phi) is 4.35. The Labute approximate surface area is 122 Å². The maximum Gasteiger partial charge on any atom is 0.265 e. The van der Waals surface area contributed by atoms with Crippen molar-refractivity contribution in [2.24, 2.45) is 0 Å². The molecule has 0 atom stereocenters. The summed E-state index contributed by atoms with van der Waals surface area (Å²) >= 11 is 1.38. The number of thiophene rings is 1. The van der Waals surface area contributed by atoms with Gasteiger partial charge in [0.25, 0.3) is 5.91 Å². The molecule has 1 aromatic heterocycles. The van der Waals surface area contributed by atoms with Gasteiger partial charge in [-0.1, -0.05) is 19.1 Å². The highest BCUT2D eigenvalue weighted by molar-refractivity contribution is 7.12. The van der Waals surface area contributed by atoms with Crippen molar-refractivity contribution < 1.29 is 9.59 Å². The number of rotatable bonds is 4. The average Bonchev–Trinajstić information content (AvgIpc) is 2.94. The minimum atomic E-state index is -0.169. The van der Waals surface area contributed by atoms with Crippen LogP contribution in [0.15, 0.2) is 29.6 Å². The maximum absolute atomic E-state index is 12.2. The van der Waals surface area contributed by atoms with Crippen LogP contribution in [-0.2, 0) is 0 Å². The second-order valence-electron chi connectivity index (χ2n) is 4.71. The molecule has 1 amide bonds. The fourth-order valence-corrected chi connectivity index (χ4v) is 2.75. The molecule has 1 N–H and O–H groups in total. The van der Waals surface area contributed by atoms with E-state index in [1.807, 2.05) is 44.4 Å². The number of nitrogens with one attached hydrogen (secondary N) is 1. The Morgan fingerprint density at radius 2 is 2.00 bits per heavy atom. The van der Waals surface area contributed by atoms with E-state index in [1.54, 1.807) is 6.07 Å². The molecule has 0 saturated heterocycles. The molecular formula is C16H17NO2S. The van der Waals surface area contributed by atoms with E-state index in [0.717, 1.165) is 11.1 Å². The van der Waals surface area contributed by atoms with Gasteiger partial charge in [-0.15, -0.1) is 11.3 Å². The van der Waals surface area contributed by atoms with Gasteiger partial charge in [0.05, 0.1) is 10.6 Å². The van der Waals surface area contributed by atoms with Gasteiger partial charge in [0.15, 0.2) is 5.78 Å². The standard InChI is InChI=1S/C16H17NO2S/c1-4-13(18)12-9-10(2)8-11(3)15(12)17-16(19)14-6-5-7-20-14/h5-9H,4H2,1-3H3,(H,17,19). The molecule has 0 aliphatic heterocycles. The normalized spacial score (nSPS) is 10.3. The fourth-order valence-electron chi connectivity index (χ4n) is 2.13. The molecule has 20 heavy (non-hydrogen) atoms. The van der Waals surface area contributed by atoms with Crippen molar-refractivity contribution in [3.8, 4) is 0 Å². The van der Waals surface area contributed by atoms with Gasteiger partial charge in [0, 0.05) is 12.0 Å². The molecule has 0 fully saturated rings. The molecule has 0 bridgehead atoms. The van der Waals surface area contributed by atoms with Crippen LogP contribution in [0.1, 0.15) is 44.5 Å². The van der Waals surface area contributed by atoms with Crippen LogP contribution >= 0.6 is 11.3 Å². The number of carbonyl (C=O) groups excluding carboxylic acids is 2. The zero-order chi connectivity index (χ0) is 14.7. The van der Waals surface area contributed by atoms with Gasteiger partial charge in [0.1, 0.15) is 0 Å². The SMILES string of the molecule is CCC(=O)c1cc(C)cc(C)c1NC(=O)c1cccs1. The number of benzene rings is 1. The molecule has 0 aliphatic rings. The minimum Gasteiger partial charge on any atom is -0.320 e. The molecule has 0 spiro atoms. The van der Waals surface area contributed by atoms with E-state index in [-0.39, 0.29) is 11.7 Å². The van der Waals surface area contributed by atoms with Crippen LogP contribution < -0.4 is 5.32 Å². The molecule has 1 heterocycles. The number of hydrogen-bond donors (Lipinski definition) is 1. The number of Topliss-reactive ketones (excluding diaryl/α,β-unsaturated/α-hetero) is 1. The first-order valence-electron chi connectivity index (χ1n) is 6.52. The van der Waals surface area contributed by atoms with Crippen molar-refractivity contribution in [1.29, 1.82) is 0 Å². The summed E-state index contributed by atoms with van der Waals surface area (Å²) in [5, 5.41) is 4.73. The first-order chi connectivity index (χ1) is 9.52. The maximum atomic E-state index is 12.2. The van der Waals surface area contributed by atoms with Gasteiger partial charge in [-0.3, -0.25) is 9.59 Å². The molecule has 1 aromatic carbocycles. The Bertz CT molecular complexity index is 645. The van der Waals surface area contributed by atoms with E-state index < -0.39 is 0 Å². The molecule has 0 unspecified atom stereocenters. The van der Waals surface area contributed by atoms with E-state index in [2.05, 4.69) is 5.32 Å². The van der Waals surface area contributed by atoms with Crippen molar-refractivity contribution in [3.05, 3.63) is 51.2 Å². The van der Waals surface area contributed by atoms with Crippen LogP contribution in [0.2, 0.25) is 0 Å². The number of hydrogen-bond acceptors (Lipinski definition) is 3. The molecule has 2 aromatic rings. The smallest absolute Gasteiger partial charge is 0.265 e. The Hall–Kier alpha value is -1.94. The van der Waals surface area contributed by atoms with E-state index in [1.165, 1.54) is 11.3 Å². The lowest BCUT2D eigenvalue weighted by molar-refractivity contribution is 0.0989. The van der Waals surface area contributed by atoms with E-state index in [9.17, 15) is 9.59 Å². The lowest BCUT2D eigenvalue weighted by atomic mass is 9.99. The number of carbonyl (C=O) groups is 2. The van der Waals surface area contributed by atoms with Crippen molar-refractivity contribution in [2.45, 2.75) is 27.2 Å². The topological polar surface area (TPSA) is 46.2 Å². The molecule has 4 heteroatoms. The highest BCUT2D eigenvalue weighted by Gasteiger charge is 2.16. The van der Waals surface area contributed by atoms with Crippen LogP contribution in [0.3, 0.4) is 0 Å². The van der Waals surface area contributed by atoms with Crippen molar-refractivity contribution in [3.63, 3.8) is 0 Å². The van der Waals surface area contributed by atoms with Gasteiger partial charge in [0.2, 0.25) is 0 Å². The zero-order valence-corrected chi connectivity index (χ0v) is 12.6. The summed E-state index contributed by atoms with van der Waals surface area (Å²) in [7, 11) is 0. The minimum absolute atomic E-state index is 0.0401. The third kappa shape index (κ3) is 2.96. The summed E-state index contributed by atoms with van der Waals surface area (Å²) in [6.07, 6.45) is 0.421. The Morgan fingerprint density at radius 1 is 1.25 bits per heavy atom. The number of amides is 1. The second kappa shape index (κ2) is 6.01. The first-order valence-corrected chi connectivity index (χ1v) is 7.40. The van der Waals surface area contributed by atoms with Crippen LogP contribution in [0.25, 0.3) is 0 Å². The lowest BCUT2D eigenvalue weighted by Crippen LogP contribution is -2.15. The van der Waals surface area contributed by atoms with Gasteiger partial charge in [-0.25, -0.2) is 0 Å². The third-order valence-electron chi connectivity index (χ3n) is 3.08. The van der Waals surface area contributed by atoms with Crippen molar-refractivity contribution >= 4 is 28.7 Å². The first kappa shape index (κ1) is 14.5. The largest absolute Gasteiger partial charge is 0.320 e. The van der Waals surface area contributed by atoms with Crippen LogP contribution in [0, 0.1) is 13.8 Å². The van der Waals surface area contributed by atoms with Crippen LogP contribution in [0.5, 0.6) is 0 Å². The van der Waals surface area contributed by atoms with Gasteiger partial charge in [-0.05, 0) is 42.5 Å². The predicted molar refractivity (Wildman–Crippen MR) is 82.8 cm³/mol. The quantitative estimate of drug-likeness (QED) is 0.856. The predicted octanol–water partition coefficient (Wildman–Crippen LogP) is 4.21. The van der Waals surface area contributed by atoms with E-state index in [0.29, 0.717) is 22.5 Å². The number of ketones is 1. The van der Waals surface area contributed by atoms with Gasteiger partial charge < -0.3 is 5.32 Å². The molecule has 104 valence electrons. The van der Waals surface area contributed by atoms with Crippen molar-refractivity contribution in [2.75, 3.05) is 5.32 Å². The van der Waals surface area contributed by atoms with Gasteiger partial charge >= 0.3 is 0 Å². The summed E-state index contributed by atoms with van der Waals surface area (Å²) in [4.78, 5) is 24.9. The molecule has 0 radical (unpaired) electrons. The zero-order valence-electron chi connectivity index (χ0n) is 11.8. The van der Waals surface area contributed by atoms with Crippen LogP contribution in [0.4, 0.5) is 5.69 Å². The molecule has 0 aliphatic carbocycles. The molecular weight excluding hydrogens is 270 g/mol. The highest BCUT2D eigenvalue weighted by Crippen LogP contribution is 2.25. The van der Waals surface area contributed by atoms with Gasteiger partial charge in [-0.2, -0.15) is 0 Å². The van der Waals surface area contributed by atoms with E-state index >= 15 is 0 Å². The average molecular weight is 287 g/mol. The fraction of sp³-hybridized carbons (Fsp3) is 0.250. The highest BCUT2D eigenvalue weighted by atomic mass is 32.1. The summed E-state index contributed by atoms with van der Waals surface area (Å²) in [6, 6.07) is 7.41. The molecule has 2 rings (SSSR count). The summed E-state index contributed by atoms with van der Waals surface area (Å²) < 4.78 is 0. The number of aryl methyl sites for hydroxylation is 2. The Morgan fingerprint density at radius 3 is 2.60 bits per heavy atom. The summed E-state index contributed by atoms with van der Waals surface area (Å²) in [6.45, 7) is 5.68. The lowest BCUT2D eigenvalue weighted by Gasteiger charge is -2.13.